The van der Waals surface area contributed by atoms with Crippen molar-refractivity contribution in [2.75, 3.05) is 0 Å². The molecule has 8 nitrogen and oxygen atoms in total. The monoisotopic (exact) mass is 416 g/mol. The number of rotatable bonds is 5. The maximum absolute atomic E-state index is 13.3. The van der Waals surface area contributed by atoms with Crippen molar-refractivity contribution in [1.29, 1.82) is 5.26 Å². The molecule has 0 aliphatic carbocycles. The molecule has 2 aromatic carbocycles. The summed E-state index contributed by atoms with van der Waals surface area (Å²) in [4.78, 5) is 38.7. The molecule has 2 aromatic heterocycles. The minimum absolute atomic E-state index is 0.0202. The third-order valence-corrected chi connectivity index (χ3v) is 4.92. The zero-order valence-electron chi connectivity index (χ0n) is 17.1. The Kier molecular flexibility index (Phi) is 5.17. The van der Waals surface area contributed by atoms with Crippen molar-refractivity contribution in [2.24, 2.45) is 0 Å². The molecule has 0 fully saturated rings. The number of carbonyl (C=O) groups excluding carboxylic acids is 1. The van der Waals surface area contributed by atoms with Crippen LogP contribution < -0.4 is 16.6 Å². The van der Waals surface area contributed by atoms with E-state index in [0.717, 1.165) is 10.1 Å². The Morgan fingerprint density at radius 3 is 2.48 bits per heavy atom. The van der Waals surface area contributed by atoms with E-state index in [1.807, 2.05) is 0 Å². The molecule has 2 heterocycles. The lowest BCUT2D eigenvalue weighted by molar-refractivity contribution is -0.122. The van der Waals surface area contributed by atoms with Crippen molar-refractivity contribution in [3.8, 4) is 6.07 Å². The van der Waals surface area contributed by atoms with E-state index in [-0.39, 0.29) is 18.2 Å². The highest BCUT2D eigenvalue weighted by molar-refractivity contribution is 6.02. The highest BCUT2D eigenvalue weighted by Gasteiger charge is 2.21. The Labute approximate surface area is 176 Å². The highest BCUT2D eigenvalue weighted by atomic mass is 16.3. The van der Waals surface area contributed by atoms with Crippen LogP contribution in [0.15, 0.2) is 62.5 Å². The summed E-state index contributed by atoms with van der Waals surface area (Å²) in [5.74, 6) is -0.436. The minimum Gasteiger partial charge on any atom is -0.449 e. The minimum atomic E-state index is -0.647. The van der Waals surface area contributed by atoms with Crippen LogP contribution in [-0.2, 0) is 17.9 Å². The summed E-state index contributed by atoms with van der Waals surface area (Å²) in [5.41, 5.74) is 0.905. The molecule has 4 rings (SSSR count). The number of amides is 1. The first-order valence-electron chi connectivity index (χ1n) is 9.82. The molecule has 0 bridgehead atoms. The van der Waals surface area contributed by atoms with Gasteiger partial charge in [0.1, 0.15) is 17.6 Å². The van der Waals surface area contributed by atoms with Crippen LogP contribution >= 0.6 is 0 Å². The second-order valence-corrected chi connectivity index (χ2v) is 7.57. The summed E-state index contributed by atoms with van der Waals surface area (Å²) in [6, 6.07) is 15.8. The summed E-state index contributed by atoms with van der Waals surface area (Å²) in [5, 5.41) is 12.3. The van der Waals surface area contributed by atoms with Crippen LogP contribution in [0.3, 0.4) is 0 Å². The molecule has 156 valence electrons. The van der Waals surface area contributed by atoms with Crippen molar-refractivity contribution in [2.45, 2.75) is 33.0 Å². The van der Waals surface area contributed by atoms with Gasteiger partial charge in [0, 0.05) is 11.4 Å². The van der Waals surface area contributed by atoms with Gasteiger partial charge in [0.25, 0.3) is 5.56 Å². The second kappa shape index (κ2) is 7.95. The van der Waals surface area contributed by atoms with Crippen molar-refractivity contribution in [1.82, 2.24) is 14.5 Å². The first-order chi connectivity index (χ1) is 14.9. The number of hydrogen-bond acceptors (Lipinski definition) is 5. The number of hydrogen-bond donors (Lipinski definition) is 1. The predicted octanol–water partition coefficient (Wildman–Crippen LogP) is 2.35. The molecule has 1 N–H and O–H groups in total. The molecule has 0 spiro atoms. The number of benzene rings is 2. The van der Waals surface area contributed by atoms with E-state index < -0.39 is 23.7 Å². The van der Waals surface area contributed by atoms with Crippen LogP contribution in [0.2, 0.25) is 0 Å². The summed E-state index contributed by atoms with van der Waals surface area (Å²) >= 11 is 0. The average Bonchev–Trinajstić information content (AvgIpc) is 3.14. The number of nitrogens with one attached hydrogen (secondary N) is 1. The van der Waals surface area contributed by atoms with Crippen molar-refractivity contribution < 1.29 is 9.21 Å². The first-order valence-corrected chi connectivity index (χ1v) is 9.82. The lowest BCUT2D eigenvalue weighted by Gasteiger charge is -2.13. The molecular formula is C23H20N4O4. The summed E-state index contributed by atoms with van der Waals surface area (Å²) in [6.45, 7) is 3.34. The van der Waals surface area contributed by atoms with Gasteiger partial charge in [-0.2, -0.15) is 5.26 Å². The second-order valence-electron chi connectivity index (χ2n) is 7.57. The van der Waals surface area contributed by atoms with Gasteiger partial charge in [-0.05, 0) is 43.7 Å². The van der Waals surface area contributed by atoms with Crippen molar-refractivity contribution in [3.05, 3.63) is 80.5 Å². The maximum Gasteiger partial charge on any atom is 0.332 e. The molecule has 4 aromatic rings. The van der Waals surface area contributed by atoms with Gasteiger partial charge in [0.2, 0.25) is 11.5 Å². The lowest BCUT2D eigenvalue weighted by Crippen LogP contribution is -2.44. The van der Waals surface area contributed by atoms with E-state index in [9.17, 15) is 14.4 Å². The Balaban J connectivity index is 1.94. The van der Waals surface area contributed by atoms with Crippen LogP contribution in [0.25, 0.3) is 22.1 Å². The lowest BCUT2D eigenvalue weighted by atomic mass is 10.1. The maximum atomic E-state index is 13.3. The Morgan fingerprint density at radius 1 is 1.10 bits per heavy atom. The zero-order chi connectivity index (χ0) is 22.1. The van der Waals surface area contributed by atoms with Crippen LogP contribution in [0.1, 0.15) is 25.0 Å². The number of carbonyl (C=O) groups is 1. The van der Waals surface area contributed by atoms with Gasteiger partial charge in [-0.15, -0.1) is 0 Å². The van der Waals surface area contributed by atoms with Gasteiger partial charge >= 0.3 is 5.69 Å². The largest absolute Gasteiger partial charge is 0.449 e. The fourth-order valence-corrected chi connectivity index (χ4v) is 3.56. The number of nitrogens with zero attached hydrogens (tertiary/aromatic N) is 3. The Morgan fingerprint density at radius 2 is 1.81 bits per heavy atom. The number of para-hydroxylation sites is 1. The molecule has 8 heteroatoms. The first kappa shape index (κ1) is 20.2. The summed E-state index contributed by atoms with van der Waals surface area (Å²) < 4.78 is 8.12. The number of aromatic nitrogens is 2. The molecule has 1 amide bonds. The Bertz CT molecular complexity index is 1450. The van der Waals surface area contributed by atoms with E-state index in [0.29, 0.717) is 22.0 Å². The van der Waals surface area contributed by atoms with E-state index >= 15 is 0 Å². The van der Waals surface area contributed by atoms with Crippen LogP contribution in [0, 0.1) is 11.3 Å². The molecule has 31 heavy (non-hydrogen) atoms. The highest BCUT2D eigenvalue weighted by Crippen LogP contribution is 2.26. The molecule has 0 radical (unpaired) electrons. The predicted molar refractivity (Wildman–Crippen MR) is 116 cm³/mol. The third-order valence-electron chi connectivity index (χ3n) is 4.92. The Hall–Kier alpha value is -4.12. The molecule has 0 aliphatic heterocycles. The van der Waals surface area contributed by atoms with Crippen LogP contribution in [0.4, 0.5) is 0 Å². The SMILES string of the molecule is CC(C)NC(=O)Cn1c(=O)c2oc3ccccc3c2n(Cc2ccc(C#N)cc2)c1=O. The van der Waals surface area contributed by atoms with Gasteiger partial charge in [0.05, 0.1) is 18.2 Å². The molecule has 0 aliphatic rings. The van der Waals surface area contributed by atoms with Crippen LogP contribution in [-0.4, -0.2) is 21.1 Å². The standard InChI is InChI=1S/C23H20N4O4/c1-14(2)25-19(28)13-27-22(29)21-20(17-5-3-4-6-18(17)31-21)26(23(27)30)12-16-9-7-15(11-24)8-10-16/h3-10,14H,12-13H2,1-2H3,(H,25,28). The zero-order valence-corrected chi connectivity index (χ0v) is 17.1. The topological polar surface area (TPSA) is 110 Å². The van der Waals surface area contributed by atoms with Gasteiger partial charge in [0.15, 0.2) is 0 Å². The summed E-state index contributed by atoms with van der Waals surface area (Å²) in [6.07, 6.45) is 0. The van der Waals surface area contributed by atoms with E-state index in [1.165, 1.54) is 4.57 Å². The molecule has 0 atom stereocenters. The average molecular weight is 416 g/mol. The van der Waals surface area contributed by atoms with Gasteiger partial charge in [-0.1, -0.05) is 24.3 Å². The normalized spacial score (nSPS) is 11.2. The molecular weight excluding hydrogens is 396 g/mol. The molecule has 0 saturated carbocycles. The number of fused-ring (bicyclic) bond motifs is 3. The van der Waals surface area contributed by atoms with E-state index in [1.54, 1.807) is 62.4 Å². The molecule has 0 unspecified atom stereocenters. The van der Waals surface area contributed by atoms with Gasteiger partial charge < -0.3 is 9.73 Å². The van der Waals surface area contributed by atoms with Crippen LogP contribution in [0.5, 0.6) is 0 Å². The quantitative estimate of drug-likeness (QED) is 0.537. The fraction of sp³-hybridized carbons (Fsp3) is 0.217. The fourth-order valence-electron chi connectivity index (χ4n) is 3.56. The van der Waals surface area contributed by atoms with E-state index in [2.05, 4.69) is 11.4 Å². The molecule has 0 saturated heterocycles. The van der Waals surface area contributed by atoms with Gasteiger partial charge in [-0.25, -0.2) is 9.36 Å². The van der Waals surface area contributed by atoms with Crippen molar-refractivity contribution >= 4 is 28.0 Å². The van der Waals surface area contributed by atoms with E-state index in [4.69, 9.17) is 9.68 Å². The summed E-state index contributed by atoms with van der Waals surface area (Å²) in [7, 11) is 0. The number of nitriles is 1. The smallest absolute Gasteiger partial charge is 0.332 e. The van der Waals surface area contributed by atoms with Crippen molar-refractivity contribution in [3.63, 3.8) is 0 Å². The number of furan rings is 1. The van der Waals surface area contributed by atoms with Gasteiger partial charge in [-0.3, -0.25) is 14.2 Å². The third kappa shape index (κ3) is 3.73.